The SMILES string of the molecule is CS(=O)(=O)c1ccc(/C(=C/C2CCCC2)c2cc3cccnc3[nH]2)cc1Cl. The fraction of sp³-hybridized carbons (Fsp3) is 0.286. The van der Waals surface area contributed by atoms with Gasteiger partial charge in [0.25, 0.3) is 0 Å². The molecule has 0 spiro atoms. The number of aromatic amines is 1. The molecule has 3 aromatic rings. The third-order valence-electron chi connectivity index (χ3n) is 5.13. The van der Waals surface area contributed by atoms with Gasteiger partial charge in [-0.15, -0.1) is 0 Å². The first-order valence-electron chi connectivity index (χ1n) is 9.08. The van der Waals surface area contributed by atoms with Crippen LogP contribution in [0.5, 0.6) is 0 Å². The molecule has 0 unspecified atom stereocenters. The molecule has 0 bridgehead atoms. The van der Waals surface area contributed by atoms with Gasteiger partial charge in [-0.2, -0.15) is 0 Å². The van der Waals surface area contributed by atoms with Crippen LogP contribution in [-0.2, 0) is 9.84 Å². The number of H-pyrrole nitrogens is 1. The maximum atomic E-state index is 11.9. The zero-order chi connectivity index (χ0) is 19.0. The summed E-state index contributed by atoms with van der Waals surface area (Å²) in [5, 5.41) is 1.30. The highest BCUT2D eigenvalue weighted by Crippen LogP contribution is 2.34. The molecule has 0 amide bonds. The van der Waals surface area contributed by atoms with E-state index in [1.54, 1.807) is 18.3 Å². The summed E-state index contributed by atoms with van der Waals surface area (Å²) in [6, 6.07) is 11.2. The fourth-order valence-corrected chi connectivity index (χ4v) is 5.10. The molecule has 2 aromatic heterocycles. The molecule has 0 aliphatic heterocycles. The molecule has 1 aliphatic rings. The van der Waals surface area contributed by atoms with Crippen LogP contribution in [-0.4, -0.2) is 24.6 Å². The monoisotopic (exact) mass is 400 g/mol. The van der Waals surface area contributed by atoms with Gasteiger partial charge in [0.2, 0.25) is 0 Å². The standard InChI is InChI=1S/C21H21ClN2O2S/c1-27(25,26)20-9-8-15(12-18(20)22)17(11-14-5-2-3-6-14)19-13-16-7-4-10-23-21(16)24-19/h4,7-14H,2-3,5-6H2,1H3,(H,23,24)/b17-11-. The predicted octanol–water partition coefficient (Wildman–Crippen LogP) is 5.24. The van der Waals surface area contributed by atoms with E-state index in [1.165, 1.54) is 31.9 Å². The Labute approximate surface area is 164 Å². The van der Waals surface area contributed by atoms with Gasteiger partial charge in [-0.25, -0.2) is 13.4 Å². The van der Waals surface area contributed by atoms with Crippen molar-refractivity contribution in [3.8, 4) is 0 Å². The summed E-state index contributed by atoms with van der Waals surface area (Å²) in [5.74, 6) is 0.521. The Morgan fingerprint density at radius 2 is 2.00 bits per heavy atom. The van der Waals surface area contributed by atoms with Gasteiger partial charge in [0.15, 0.2) is 9.84 Å². The van der Waals surface area contributed by atoms with E-state index in [0.717, 1.165) is 27.9 Å². The van der Waals surface area contributed by atoms with Gasteiger partial charge in [0.1, 0.15) is 5.65 Å². The van der Waals surface area contributed by atoms with Gasteiger partial charge >= 0.3 is 0 Å². The summed E-state index contributed by atoms with van der Waals surface area (Å²) in [6.07, 6.45) is 10.1. The van der Waals surface area contributed by atoms with Gasteiger partial charge in [-0.05, 0) is 54.7 Å². The maximum Gasteiger partial charge on any atom is 0.176 e. The lowest BCUT2D eigenvalue weighted by Crippen LogP contribution is -2.00. The van der Waals surface area contributed by atoms with E-state index in [2.05, 4.69) is 22.1 Å². The molecule has 1 fully saturated rings. The second kappa shape index (κ2) is 7.13. The molecule has 1 aliphatic carbocycles. The number of hydrogen-bond donors (Lipinski definition) is 1. The zero-order valence-corrected chi connectivity index (χ0v) is 16.6. The molecule has 0 saturated heterocycles. The Morgan fingerprint density at radius 3 is 2.67 bits per heavy atom. The number of allylic oxidation sites excluding steroid dienone is 1. The summed E-state index contributed by atoms with van der Waals surface area (Å²) in [5.41, 5.74) is 3.76. The second-order valence-electron chi connectivity index (χ2n) is 7.17. The Bertz CT molecular complexity index is 1090. The molecule has 27 heavy (non-hydrogen) atoms. The normalized spacial score (nSPS) is 16.3. The van der Waals surface area contributed by atoms with Crippen LogP contribution in [0.4, 0.5) is 0 Å². The van der Waals surface area contributed by atoms with Crippen molar-refractivity contribution in [2.24, 2.45) is 5.92 Å². The van der Waals surface area contributed by atoms with Crippen LogP contribution >= 0.6 is 11.6 Å². The zero-order valence-electron chi connectivity index (χ0n) is 15.1. The number of aromatic nitrogens is 2. The van der Waals surface area contributed by atoms with Gasteiger partial charge in [0, 0.05) is 29.1 Å². The van der Waals surface area contributed by atoms with E-state index < -0.39 is 9.84 Å². The maximum absolute atomic E-state index is 11.9. The quantitative estimate of drug-likeness (QED) is 0.651. The molecule has 1 aromatic carbocycles. The number of nitrogens with zero attached hydrogens (tertiary/aromatic N) is 1. The minimum absolute atomic E-state index is 0.159. The van der Waals surface area contributed by atoms with E-state index in [0.29, 0.717) is 5.92 Å². The highest BCUT2D eigenvalue weighted by Gasteiger charge is 2.19. The van der Waals surface area contributed by atoms with Crippen molar-refractivity contribution in [1.82, 2.24) is 9.97 Å². The number of halogens is 1. The Kier molecular flexibility index (Phi) is 4.82. The highest BCUT2D eigenvalue weighted by molar-refractivity contribution is 7.90. The molecule has 6 heteroatoms. The van der Waals surface area contributed by atoms with Crippen LogP contribution in [0.3, 0.4) is 0 Å². The van der Waals surface area contributed by atoms with Crippen molar-refractivity contribution < 1.29 is 8.42 Å². The van der Waals surface area contributed by atoms with Crippen LogP contribution in [0.1, 0.15) is 36.9 Å². The first kappa shape index (κ1) is 18.3. The molecule has 4 rings (SSSR count). The van der Waals surface area contributed by atoms with Crippen molar-refractivity contribution in [1.29, 1.82) is 0 Å². The molecule has 140 valence electrons. The van der Waals surface area contributed by atoms with Crippen molar-refractivity contribution in [2.75, 3.05) is 6.26 Å². The van der Waals surface area contributed by atoms with E-state index in [4.69, 9.17) is 11.6 Å². The molecule has 0 radical (unpaired) electrons. The second-order valence-corrected chi connectivity index (χ2v) is 9.56. The van der Waals surface area contributed by atoms with Crippen LogP contribution in [0.15, 0.2) is 53.6 Å². The summed E-state index contributed by atoms with van der Waals surface area (Å²) >= 11 is 6.31. The molecule has 0 atom stereocenters. The van der Waals surface area contributed by atoms with Crippen molar-refractivity contribution in [2.45, 2.75) is 30.6 Å². The third-order valence-corrected chi connectivity index (χ3v) is 6.71. The Morgan fingerprint density at radius 1 is 1.22 bits per heavy atom. The third kappa shape index (κ3) is 3.80. The summed E-state index contributed by atoms with van der Waals surface area (Å²) < 4.78 is 23.8. The average Bonchev–Trinajstić information content (AvgIpc) is 3.27. The molecule has 1 saturated carbocycles. The molecule has 1 N–H and O–H groups in total. The summed E-state index contributed by atoms with van der Waals surface area (Å²) in [7, 11) is -3.35. The number of pyridine rings is 1. The first-order valence-corrected chi connectivity index (χ1v) is 11.3. The van der Waals surface area contributed by atoms with E-state index in [9.17, 15) is 8.42 Å². The van der Waals surface area contributed by atoms with Gasteiger partial charge < -0.3 is 4.98 Å². The van der Waals surface area contributed by atoms with Crippen LogP contribution in [0, 0.1) is 5.92 Å². The number of hydrogen-bond acceptors (Lipinski definition) is 3. The van der Waals surface area contributed by atoms with Crippen molar-refractivity contribution >= 4 is 38.0 Å². The largest absolute Gasteiger partial charge is 0.339 e. The van der Waals surface area contributed by atoms with E-state index in [-0.39, 0.29) is 9.92 Å². The number of nitrogens with one attached hydrogen (secondary N) is 1. The topological polar surface area (TPSA) is 62.8 Å². The number of sulfone groups is 1. The number of rotatable bonds is 4. The first-order chi connectivity index (χ1) is 12.9. The minimum Gasteiger partial charge on any atom is -0.339 e. The van der Waals surface area contributed by atoms with Gasteiger partial charge in [-0.3, -0.25) is 0 Å². The average molecular weight is 401 g/mol. The molecule has 2 heterocycles. The van der Waals surface area contributed by atoms with E-state index >= 15 is 0 Å². The van der Waals surface area contributed by atoms with Crippen LogP contribution in [0.2, 0.25) is 5.02 Å². The lowest BCUT2D eigenvalue weighted by atomic mass is 9.96. The highest BCUT2D eigenvalue weighted by atomic mass is 35.5. The Balaban J connectivity index is 1.84. The number of benzene rings is 1. The molecular formula is C21H21ClN2O2S. The van der Waals surface area contributed by atoms with Crippen LogP contribution in [0.25, 0.3) is 16.6 Å². The summed E-state index contributed by atoms with van der Waals surface area (Å²) in [6.45, 7) is 0. The fourth-order valence-electron chi connectivity index (χ4n) is 3.77. The minimum atomic E-state index is -3.35. The number of fused-ring (bicyclic) bond motifs is 1. The molecular weight excluding hydrogens is 380 g/mol. The summed E-state index contributed by atoms with van der Waals surface area (Å²) in [4.78, 5) is 7.94. The van der Waals surface area contributed by atoms with Crippen molar-refractivity contribution in [3.63, 3.8) is 0 Å². The van der Waals surface area contributed by atoms with Gasteiger partial charge in [0.05, 0.1) is 9.92 Å². The Hall–Kier alpha value is -2.11. The van der Waals surface area contributed by atoms with E-state index in [1.807, 2.05) is 18.2 Å². The smallest absolute Gasteiger partial charge is 0.176 e. The lowest BCUT2D eigenvalue weighted by molar-refractivity contribution is 0.602. The van der Waals surface area contributed by atoms with Crippen molar-refractivity contribution in [3.05, 3.63) is 65.0 Å². The lowest BCUT2D eigenvalue weighted by Gasteiger charge is -2.12. The molecule has 4 nitrogen and oxygen atoms in total. The predicted molar refractivity (Wildman–Crippen MR) is 110 cm³/mol. The van der Waals surface area contributed by atoms with Crippen LogP contribution < -0.4 is 0 Å². The van der Waals surface area contributed by atoms with Gasteiger partial charge in [-0.1, -0.05) is 36.6 Å².